The zero-order chi connectivity index (χ0) is 30.9. The van der Waals surface area contributed by atoms with Crippen molar-refractivity contribution in [3.63, 3.8) is 0 Å². The normalized spacial score (nSPS) is 10.7. The molecule has 13 heteroatoms. The lowest BCUT2D eigenvalue weighted by atomic mass is 10.2. The number of halogens is 4. The number of carbonyl (C=O) groups excluding carboxylic acids is 4. The van der Waals surface area contributed by atoms with Crippen molar-refractivity contribution in [2.45, 2.75) is 0 Å². The Kier molecular flexibility index (Phi) is 10.7. The first-order valence-corrected chi connectivity index (χ1v) is 13.7. The molecule has 0 aliphatic rings. The number of benzene rings is 4. The van der Waals surface area contributed by atoms with E-state index in [1.165, 1.54) is 79.0 Å². The summed E-state index contributed by atoms with van der Waals surface area (Å²) in [5, 5.41) is 7.68. The summed E-state index contributed by atoms with van der Waals surface area (Å²) >= 11 is 23.6. The van der Waals surface area contributed by atoms with E-state index in [1.54, 1.807) is 12.1 Å². The highest BCUT2D eigenvalue weighted by Gasteiger charge is 2.15. The number of nitrogens with one attached hydrogen (secondary N) is 2. The Labute approximate surface area is 265 Å². The van der Waals surface area contributed by atoms with Crippen molar-refractivity contribution >= 4 is 76.4 Å². The Morgan fingerprint density at radius 3 is 1.86 bits per heavy atom. The van der Waals surface area contributed by atoms with E-state index in [2.05, 4.69) is 15.8 Å². The maximum atomic E-state index is 12.8. The standard InChI is InChI=1S/C30H19Cl4N3O6/c31-21-7-1-17(2-8-21)29(40)42-23-11-5-20(26(14-23)43-30(41)18-3-9-22(32)10-4-18)15-36-37-27(38)16-35-28(39)19-6-12-24(33)25(34)13-19/h1-15H,16H2,(H,35,39)(H,37,38)/b36-15-. The quantitative estimate of drug-likeness (QED) is 0.0902. The third-order valence-electron chi connectivity index (χ3n) is 5.54. The average Bonchev–Trinajstić information content (AvgIpc) is 2.99. The lowest BCUT2D eigenvalue weighted by molar-refractivity contribution is -0.120. The fraction of sp³-hybridized carbons (Fsp3) is 0.0333. The minimum atomic E-state index is -0.721. The number of hydrogen-bond acceptors (Lipinski definition) is 7. The smallest absolute Gasteiger partial charge is 0.343 e. The molecule has 0 radical (unpaired) electrons. The summed E-state index contributed by atoms with van der Waals surface area (Å²) in [7, 11) is 0. The predicted octanol–water partition coefficient (Wildman–Crippen LogP) is 6.62. The van der Waals surface area contributed by atoms with Crippen LogP contribution in [-0.2, 0) is 4.79 Å². The van der Waals surface area contributed by atoms with Crippen LogP contribution in [0.15, 0.2) is 90.0 Å². The summed E-state index contributed by atoms with van der Waals surface area (Å²) in [6, 6.07) is 20.7. The van der Waals surface area contributed by atoms with E-state index in [0.717, 1.165) is 0 Å². The van der Waals surface area contributed by atoms with Crippen LogP contribution in [0.25, 0.3) is 0 Å². The van der Waals surface area contributed by atoms with Crippen molar-refractivity contribution in [1.82, 2.24) is 10.7 Å². The molecule has 9 nitrogen and oxygen atoms in total. The van der Waals surface area contributed by atoms with E-state index in [4.69, 9.17) is 55.9 Å². The van der Waals surface area contributed by atoms with Crippen LogP contribution in [0.5, 0.6) is 11.5 Å². The fourth-order valence-corrected chi connectivity index (χ4v) is 3.93. The Balaban J connectivity index is 1.45. The maximum Gasteiger partial charge on any atom is 0.343 e. The molecule has 2 N–H and O–H groups in total. The van der Waals surface area contributed by atoms with E-state index in [-0.39, 0.29) is 43.8 Å². The van der Waals surface area contributed by atoms with Gasteiger partial charge in [-0.2, -0.15) is 5.10 Å². The molecule has 218 valence electrons. The SMILES string of the molecule is O=C(CNC(=O)c1ccc(Cl)c(Cl)c1)N/N=C\c1ccc(OC(=O)c2ccc(Cl)cc2)cc1OC(=O)c1ccc(Cl)cc1. The molecular weight excluding hydrogens is 640 g/mol. The molecule has 4 aromatic carbocycles. The van der Waals surface area contributed by atoms with Crippen LogP contribution in [0.3, 0.4) is 0 Å². The topological polar surface area (TPSA) is 123 Å². The Bertz CT molecular complexity index is 1710. The minimum absolute atomic E-state index is 0.0210. The Morgan fingerprint density at radius 2 is 1.26 bits per heavy atom. The highest BCUT2D eigenvalue weighted by Crippen LogP contribution is 2.26. The molecule has 0 atom stereocenters. The molecule has 0 unspecified atom stereocenters. The van der Waals surface area contributed by atoms with E-state index in [0.29, 0.717) is 10.0 Å². The van der Waals surface area contributed by atoms with Gasteiger partial charge in [-0.1, -0.05) is 46.4 Å². The van der Waals surface area contributed by atoms with E-state index < -0.39 is 30.3 Å². The molecule has 0 aliphatic carbocycles. The van der Waals surface area contributed by atoms with E-state index in [9.17, 15) is 19.2 Å². The average molecular weight is 659 g/mol. The number of hydrogen-bond donors (Lipinski definition) is 2. The molecule has 4 rings (SSSR count). The van der Waals surface area contributed by atoms with Crippen molar-refractivity contribution in [3.8, 4) is 11.5 Å². The molecule has 0 aliphatic heterocycles. The molecule has 0 aromatic heterocycles. The summed E-state index contributed by atoms with van der Waals surface area (Å²) in [4.78, 5) is 49.9. The van der Waals surface area contributed by atoms with Gasteiger partial charge in [-0.3, -0.25) is 9.59 Å². The van der Waals surface area contributed by atoms with Crippen LogP contribution >= 0.6 is 46.4 Å². The summed E-state index contributed by atoms with van der Waals surface area (Å²) in [6.07, 6.45) is 1.22. The highest BCUT2D eigenvalue weighted by molar-refractivity contribution is 6.42. The van der Waals surface area contributed by atoms with Gasteiger partial charge in [0.1, 0.15) is 11.5 Å². The number of nitrogens with zero attached hydrogens (tertiary/aromatic N) is 1. The first kappa shape index (κ1) is 31.5. The molecule has 0 saturated carbocycles. The molecular formula is C30H19Cl4N3O6. The second-order valence-corrected chi connectivity index (χ2v) is 10.3. The molecule has 0 saturated heterocycles. The van der Waals surface area contributed by atoms with E-state index in [1.807, 2.05) is 0 Å². The Hall–Kier alpha value is -4.41. The van der Waals surface area contributed by atoms with Gasteiger partial charge in [0.15, 0.2) is 0 Å². The number of esters is 2. The number of carbonyl (C=O) groups is 4. The van der Waals surface area contributed by atoms with Gasteiger partial charge >= 0.3 is 11.9 Å². The lowest BCUT2D eigenvalue weighted by Crippen LogP contribution is -2.34. The molecule has 0 bridgehead atoms. The van der Waals surface area contributed by atoms with Crippen molar-refractivity contribution < 1.29 is 28.7 Å². The molecule has 4 aromatic rings. The van der Waals surface area contributed by atoms with Crippen LogP contribution in [0.4, 0.5) is 0 Å². The first-order valence-electron chi connectivity index (χ1n) is 12.2. The zero-order valence-corrected chi connectivity index (χ0v) is 24.8. The van der Waals surface area contributed by atoms with Gasteiger partial charge in [0.25, 0.3) is 11.8 Å². The van der Waals surface area contributed by atoms with Crippen molar-refractivity contribution in [3.05, 3.63) is 127 Å². The van der Waals surface area contributed by atoms with Gasteiger partial charge in [0, 0.05) is 27.2 Å². The number of rotatable bonds is 9. The van der Waals surface area contributed by atoms with Gasteiger partial charge in [-0.05, 0) is 78.9 Å². The van der Waals surface area contributed by atoms with Crippen molar-refractivity contribution in [1.29, 1.82) is 0 Å². The van der Waals surface area contributed by atoms with Gasteiger partial charge < -0.3 is 14.8 Å². The second-order valence-electron chi connectivity index (χ2n) is 8.60. The van der Waals surface area contributed by atoms with Crippen molar-refractivity contribution in [2.75, 3.05) is 6.54 Å². The molecule has 0 heterocycles. The van der Waals surface area contributed by atoms with E-state index >= 15 is 0 Å². The minimum Gasteiger partial charge on any atom is -0.423 e. The molecule has 0 spiro atoms. The third kappa shape index (κ3) is 9.04. The molecule has 0 fully saturated rings. The van der Waals surface area contributed by atoms with Crippen LogP contribution in [0, 0.1) is 0 Å². The highest BCUT2D eigenvalue weighted by atomic mass is 35.5. The number of ether oxygens (including phenoxy) is 2. The van der Waals surface area contributed by atoms with Gasteiger partial charge in [0.05, 0.1) is 33.9 Å². The lowest BCUT2D eigenvalue weighted by Gasteiger charge is -2.11. The van der Waals surface area contributed by atoms with Crippen molar-refractivity contribution in [2.24, 2.45) is 5.10 Å². The first-order chi connectivity index (χ1) is 20.6. The third-order valence-corrected chi connectivity index (χ3v) is 6.79. The van der Waals surface area contributed by atoms with Gasteiger partial charge in [0.2, 0.25) is 0 Å². The summed E-state index contributed by atoms with van der Waals surface area (Å²) in [6.45, 7) is -0.394. The van der Waals surface area contributed by atoms with Crippen LogP contribution in [-0.4, -0.2) is 36.5 Å². The number of amides is 2. The summed E-state index contributed by atoms with van der Waals surface area (Å²) < 4.78 is 11.0. The zero-order valence-electron chi connectivity index (χ0n) is 21.8. The second kappa shape index (κ2) is 14.7. The molecule has 2 amide bonds. The van der Waals surface area contributed by atoms with Crippen LogP contribution in [0.2, 0.25) is 20.1 Å². The monoisotopic (exact) mass is 657 g/mol. The summed E-state index contributed by atoms with van der Waals surface area (Å²) in [5.74, 6) is -2.52. The van der Waals surface area contributed by atoms with Gasteiger partial charge in [-0.25, -0.2) is 15.0 Å². The van der Waals surface area contributed by atoms with Gasteiger partial charge in [-0.15, -0.1) is 0 Å². The van der Waals surface area contributed by atoms with Crippen LogP contribution < -0.4 is 20.2 Å². The fourth-order valence-electron chi connectivity index (χ4n) is 3.38. The van der Waals surface area contributed by atoms with Crippen LogP contribution in [0.1, 0.15) is 36.6 Å². The Morgan fingerprint density at radius 1 is 0.674 bits per heavy atom. The molecule has 43 heavy (non-hydrogen) atoms. The maximum absolute atomic E-state index is 12.8. The summed E-state index contributed by atoms with van der Waals surface area (Å²) in [5.41, 5.74) is 3.21. The largest absolute Gasteiger partial charge is 0.423 e. The number of hydrazone groups is 1. The predicted molar refractivity (Wildman–Crippen MR) is 164 cm³/mol.